The van der Waals surface area contributed by atoms with Gasteiger partial charge >= 0.3 is 5.97 Å². The fourth-order valence-corrected chi connectivity index (χ4v) is 2.60. The summed E-state index contributed by atoms with van der Waals surface area (Å²) in [5.41, 5.74) is 1.95. The minimum absolute atomic E-state index is 0.628. The Morgan fingerprint density at radius 3 is 2.53 bits per heavy atom. The first-order valence-corrected chi connectivity index (χ1v) is 7.00. The van der Waals surface area contributed by atoms with E-state index in [0.29, 0.717) is 5.02 Å². The first-order chi connectivity index (χ1) is 9.16. The maximum Gasteiger partial charge on any atom is 0.328 e. The van der Waals surface area contributed by atoms with Crippen molar-refractivity contribution in [3.63, 3.8) is 0 Å². The van der Waals surface area contributed by atoms with E-state index in [1.54, 1.807) is 6.08 Å². The van der Waals surface area contributed by atoms with Gasteiger partial charge in [-0.1, -0.05) is 24.4 Å². The van der Waals surface area contributed by atoms with Crippen LogP contribution in [0, 0.1) is 0 Å². The fraction of sp³-hybridized carbons (Fsp3) is 0.400. The molecule has 1 heterocycles. The number of rotatable bonds is 3. The summed E-state index contributed by atoms with van der Waals surface area (Å²) in [6, 6.07) is 5.66. The molecule has 102 valence electrons. The van der Waals surface area contributed by atoms with Crippen molar-refractivity contribution >= 4 is 29.3 Å². The second-order valence-corrected chi connectivity index (χ2v) is 5.21. The van der Waals surface area contributed by atoms with E-state index in [4.69, 9.17) is 16.7 Å². The zero-order valence-electron chi connectivity index (χ0n) is 10.8. The molecule has 1 aromatic carbocycles. The number of nitrogens with zero attached hydrogens (tertiary/aromatic N) is 1. The quantitative estimate of drug-likeness (QED) is 0.855. The van der Waals surface area contributed by atoms with Crippen LogP contribution < -0.4 is 4.90 Å². The van der Waals surface area contributed by atoms with Crippen LogP contribution in [-0.2, 0) is 4.79 Å². The van der Waals surface area contributed by atoms with Crippen LogP contribution in [-0.4, -0.2) is 24.2 Å². The van der Waals surface area contributed by atoms with Crippen LogP contribution in [0.5, 0.6) is 0 Å². The molecular weight excluding hydrogens is 262 g/mol. The van der Waals surface area contributed by atoms with Crippen molar-refractivity contribution in [1.82, 2.24) is 0 Å². The summed E-state index contributed by atoms with van der Waals surface area (Å²) in [4.78, 5) is 13.0. The Hall–Kier alpha value is -1.48. The van der Waals surface area contributed by atoms with E-state index in [1.807, 2.05) is 18.2 Å². The average molecular weight is 280 g/mol. The molecule has 19 heavy (non-hydrogen) atoms. The summed E-state index contributed by atoms with van der Waals surface area (Å²) < 4.78 is 0. The number of halogens is 1. The van der Waals surface area contributed by atoms with Gasteiger partial charge in [0.15, 0.2) is 0 Å². The van der Waals surface area contributed by atoms with Gasteiger partial charge in [-0.15, -0.1) is 0 Å². The lowest BCUT2D eigenvalue weighted by atomic mass is 10.1. The van der Waals surface area contributed by atoms with Crippen molar-refractivity contribution in [3.8, 4) is 0 Å². The lowest BCUT2D eigenvalue weighted by Gasteiger charge is -2.24. The number of carboxylic acid groups (broad SMARTS) is 1. The van der Waals surface area contributed by atoms with Crippen molar-refractivity contribution in [2.24, 2.45) is 0 Å². The van der Waals surface area contributed by atoms with Crippen LogP contribution in [0.2, 0.25) is 5.02 Å². The van der Waals surface area contributed by atoms with E-state index >= 15 is 0 Å². The lowest BCUT2D eigenvalue weighted by Crippen LogP contribution is -2.24. The van der Waals surface area contributed by atoms with E-state index in [0.717, 1.165) is 30.4 Å². The zero-order valence-corrected chi connectivity index (χ0v) is 11.6. The summed E-state index contributed by atoms with van der Waals surface area (Å²) in [7, 11) is 0. The third-order valence-electron chi connectivity index (χ3n) is 3.34. The minimum atomic E-state index is -0.943. The van der Waals surface area contributed by atoms with Gasteiger partial charge in [-0.2, -0.15) is 0 Å². The third kappa shape index (κ3) is 4.00. The Morgan fingerprint density at radius 2 is 1.89 bits per heavy atom. The molecule has 2 rings (SSSR count). The van der Waals surface area contributed by atoms with E-state index in [-0.39, 0.29) is 0 Å². The monoisotopic (exact) mass is 279 g/mol. The van der Waals surface area contributed by atoms with Crippen LogP contribution in [0.4, 0.5) is 5.69 Å². The summed E-state index contributed by atoms with van der Waals surface area (Å²) in [6.07, 6.45) is 7.69. The molecule has 0 atom stereocenters. The largest absolute Gasteiger partial charge is 0.478 e. The number of carboxylic acids is 1. The highest BCUT2D eigenvalue weighted by Crippen LogP contribution is 2.27. The molecule has 0 aromatic heterocycles. The molecule has 1 N–H and O–H groups in total. The Morgan fingerprint density at radius 1 is 1.21 bits per heavy atom. The van der Waals surface area contributed by atoms with Crippen molar-refractivity contribution in [3.05, 3.63) is 34.9 Å². The maximum atomic E-state index is 10.7. The van der Waals surface area contributed by atoms with Gasteiger partial charge in [-0.05, 0) is 42.7 Å². The SMILES string of the molecule is O=C(O)/C=C/c1cc(Cl)ccc1N1CCCCCC1. The van der Waals surface area contributed by atoms with Gasteiger partial charge in [0.25, 0.3) is 0 Å². The fourth-order valence-electron chi connectivity index (χ4n) is 2.42. The minimum Gasteiger partial charge on any atom is -0.478 e. The highest BCUT2D eigenvalue weighted by Gasteiger charge is 2.12. The molecule has 1 aliphatic heterocycles. The van der Waals surface area contributed by atoms with Gasteiger partial charge < -0.3 is 10.0 Å². The van der Waals surface area contributed by atoms with Gasteiger partial charge in [0.05, 0.1) is 0 Å². The van der Waals surface area contributed by atoms with Gasteiger partial charge in [0.2, 0.25) is 0 Å². The summed E-state index contributed by atoms with van der Waals surface area (Å²) in [5.74, 6) is -0.943. The second kappa shape index (κ2) is 6.62. The standard InChI is InChI=1S/C15H18ClNO2/c16-13-6-7-14(12(11-13)5-8-15(18)19)17-9-3-1-2-4-10-17/h5-8,11H,1-4,9-10H2,(H,18,19)/b8-5+. The molecule has 3 nitrogen and oxygen atoms in total. The number of hydrogen-bond acceptors (Lipinski definition) is 2. The van der Waals surface area contributed by atoms with Crippen LogP contribution in [0.3, 0.4) is 0 Å². The van der Waals surface area contributed by atoms with Gasteiger partial charge in [0.1, 0.15) is 0 Å². The molecule has 0 aliphatic carbocycles. The molecule has 1 fully saturated rings. The Bertz CT molecular complexity index is 477. The van der Waals surface area contributed by atoms with E-state index in [9.17, 15) is 4.79 Å². The summed E-state index contributed by atoms with van der Waals surface area (Å²) >= 11 is 6.00. The molecule has 0 amide bonds. The third-order valence-corrected chi connectivity index (χ3v) is 3.58. The van der Waals surface area contributed by atoms with Gasteiger partial charge in [-0.3, -0.25) is 0 Å². The molecule has 0 bridgehead atoms. The molecule has 0 saturated carbocycles. The number of hydrogen-bond donors (Lipinski definition) is 1. The normalized spacial score (nSPS) is 16.6. The van der Waals surface area contributed by atoms with Crippen LogP contribution >= 0.6 is 11.6 Å². The molecule has 1 aliphatic rings. The molecular formula is C15H18ClNO2. The van der Waals surface area contributed by atoms with Crippen LogP contribution in [0.25, 0.3) is 6.08 Å². The van der Waals surface area contributed by atoms with Crippen molar-refractivity contribution in [1.29, 1.82) is 0 Å². The van der Waals surface area contributed by atoms with Gasteiger partial charge in [-0.25, -0.2) is 4.79 Å². The topological polar surface area (TPSA) is 40.5 Å². The average Bonchev–Trinajstić information content (AvgIpc) is 2.65. The number of aliphatic carboxylic acids is 1. The first kappa shape index (κ1) is 13.9. The van der Waals surface area contributed by atoms with Crippen LogP contribution in [0.15, 0.2) is 24.3 Å². The number of carbonyl (C=O) groups is 1. The zero-order chi connectivity index (χ0) is 13.7. The predicted molar refractivity (Wildman–Crippen MR) is 78.8 cm³/mol. The molecule has 0 spiro atoms. The molecule has 1 saturated heterocycles. The smallest absolute Gasteiger partial charge is 0.328 e. The van der Waals surface area contributed by atoms with Crippen molar-refractivity contribution < 1.29 is 9.90 Å². The Kier molecular flexibility index (Phi) is 4.86. The van der Waals surface area contributed by atoms with Gasteiger partial charge in [0, 0.05) is 29.9 Å². The summed E-state index contributed by atoms with van der Waals surface area (Å²) in [6.45, 7) is 2.05. The highest BCUT2D eigenvalue weighted by molar-refractivity contribution is 6.30. The highest BCUT2D eigenvalue weighted by atomic mass is 35.5. The van der Waals surface area contributed by atoms with E-state index < -0.39 is 5.97 Å². The first-order valence-electron chi connectivity index (χ1n) is 6.62. The molecule has 0 unspecified atom stereocenters. The maximum absolute atomic E-state index is 10.7. The molecule has 0 radical (unpaired) electrons. The lowest BCUT2D eigenvalue weighted by molar-refractivity contribution is -0.131. The van der Waals surface area contributed by atoms with Crippen LogP contribution in [0.1, 0.15) is 31.2 Å². The second-order valence-electron chi connectivity index (χ2n) is 4.78. The molecule has 1 aromatic rings. The number of anilines is 1. The predicted octanol–water partition coefficient (Wildman–Crippen LogP) is 3.82. The van der Waals surface area contributed by atoms with E-state index in [2.05, 4.69) is 4.90 Å². The summed E-state index contributed by atoms with van der Waals surface area (Å²) in [5, 5.41) is 9.39. The van der Waals surface area contributed by atoms with E-state index in [1.165, 1.54) is 25.7 Å². The molecule has 4 heteroatoms. The van der Waals surface area contributed by atoms with Crippen molar-refractivity contribution in [2.75, 3.05) is 18.0 Å². The number of benzene rings is 1. The van der Waals surface area contributed by atoms with Crippen molar-refractivity contribution in [2.45, 2.75) is 25.7 Å². The Balaban J connectivity index is 2.29. The Labute approximate surface area is 118 Å².